The molecule has 2 nitrogen and oxygen atoms in total. The van der Waals surface area contributed by atoms with Crippen molar-refractivity contribution in [3.63, 3.8) is 0 Å². The molecule has 0 aromatic carbocycles. The molecule has 1 heterocycles. The van der Waals surface area contributed by atoms with E-state index in [1.54, 1.807) is 0 Å². The monoisotopic (exact) mass is 266 g/mol. The molecule has 1 N–H and O–H groups in total. The maximum Gasteiger partial charge on any atom is 0.00684 e. The highest BCUT2D eigenvalue weighted by Gasteiger charge is 2.32. The van der Waals surface area contributed by atoms with Gasteiger partial charge in [-0.3, -0.25) is 0 Å². The number of rotatable bonds is 7. The molecule has 0 radical (unpaired) electrons. The molecule has 112 valence electrons. The van der Waals surface area contributed by atoms with Crippen LogP contribution in [0.5, 0.6) is 0 Å². The lowest BCUT2D eigenvalue weighted by Crippen LogP contribution is -2.44. The van der Waals surface area contributed by atoms with Gasteiger partial charge in [-0.15, -0.1) is 0 Å². The number of hydrogen-bond acceptors (Lipinski definition) is 2. The zero-order valence-corrected chi connectivity index (χ0v) is 13.4. The topological polar surface area (TPSA) is 15.3 Å². The Hall–Kier alpha value is -0.0800. The van der Waals surface area contributed by atoms with Gasteiger partial charge in [-0.1, -0.05) is 20.8 Å². The normalized spacial score (nSPS) is 26.4. The number of nitrogens with one attached hydrogen (secondary N) is 1. The summed E-state index contributed by atoms with van der Waals surface area (Å²) in [5, 5.41) is 3.79. The fourth-order valence-corrected chi connectivity index (χ4v) is 3.38. The van der Waals surface area contributed by atoms with Crippen LogP contribution in [0.4, 0.5) is 0 Å². The molecule has 0 aromatic heterocycles. The van der Waals surface area contributed by atoms with E-state index in [-0.39, 0.29) is 0 Å². The minimum atomic E-state index is 0.510. The molecule has 0 aromatic rings. The van der Waals surface area contributed by atoms with Gasteiger partial charge in [0.05, 0.1) is 0 Å². The van der Waals surface area contributed by atoms with Crippen molar-refractivity contribution < 1.29 is 0 Å². The fraction of sp³-hybridized carbons (Fsp3) is 1.00. The number of hydrogen-bond donors (Lipinski definition) is 1. The van der Waals surface area contributed by atoms with Crippen LogP contribution in [-0.2, 0) is 0 Å². The first-order chi connectivity index (χ1) is 9.17. The van der Waals surface area contributed by atoms with Gasteiger partial charge in [0.15, 0.2) is 0 Å². The summed E-state index contributed by atoms with van der Waals surface area (Å²) >= 11 is 0. The van der Waals surface area contributed by atoms with Crippen molar-refractivity contribution in [3.8, 4) is 0 Å². The molecule has 2 rings (SSSR count). The molecule has 1 atom stereocenters. The van der Waals surface area contributed by atoms with Crippen LogP contribution in [0.1, 0.15) is 65.7 Å². The lowest BCUT2D eigenvalue weighted by Gasteiger charge is -2.37. The summed E-state index contributed by atoms with van der Waals surface area (Å²) < 4.78 is 0. The lowest BCUT2D eigenvalue weighted by molar-refractivity contribution is 0.136. The van der Waals surface area contributed by atoms with E-state index in [0.29, 0.717) is 5.41 Å². The van der Waals surface area contributed by atoms with Crippen LogP contribution in [0.25, 0.3) is 0 Å². The van der Waals surface area contributed by atoms with E-state index in [0.717, 1.165) is 12.0 Å². The molecular weight excluding hydrogens is 232 g/mol. The number of nitrogens with zero attached hydrogens (tertiary/aromatic N) is 1. The Labute approximate surface area is 120 Å². The first-order valence-corrected chi connectivity index (χ1v) is 8.63. The predicted octanol–water partition coefficient (Wildman–Crippen LogP) is 3.67. The third kappa shape index (κ3) is 4.75. The Morgan fingerprint density at radius 1 is 1.05 bits per heavy atom. The van der Waals surface area contributed by atoms with Crippen molar-refractivity contribution >= 4 is 0 Å². The molecule has 1 saturated carbocycles. The van der Waals surface area contributed by atoms with E-state index in [1.165, 1.54) is 71.1 Å². The van der Waals surface area contributed by atoms with Crippen molar-refractivity contribution in [3.05, 3.63) is 0 Å². The summed E-state index contributed by atoms with van der Waals surface area (Å²) in [5.41, 5.74) is 0.510. The van der Waals surface area contributed by atoms with E-state index in [1.807, 2.05) is 0 Å². The molecule has 1 aliphatic heterocycles. The lowest BCUT2D eigenvalue weighted by atomic mass is 9.81. The molecule has 19 heavy (non-hydrogen) atoms. The summed E-state index contributed by atoms with van der Waals surface area (Å²) in [4.78, 5) is 2.76. The van der Waals surface area contributed by atoms with Crippen LogP contribution in [0.2, 0.25) is 0 Å². The van der Waals surface area contributed by atoms with E-state index in [4.69, 9.17) is 0 Å². The average molecular weight is 266 g/mol. The van der Waals surface area contributed by atoms with Crippen molar-refractivity contribution in [1.29, 1.82) is 0 Å². The first kappa shape index (κ1) is 15.3. The summed E-state index contributed by atoms with van der Waals surface area (Å²) in [7, 11) is 0. The van der Waals surface area contributed by atoms with Gasteiger partial charge < -0.3 is 10.2 Å². The zero-order valence-electron chi connectivity index (χ0n) is 13.4. The molecule has 0 bridgehead atoms. The third-order valence-electron chi connectivity index (χ3n) is 5.51. The molecule has 0 spiro atoms. The van der Waals surface area contributed by atoms with Crippen LogP contribution in [0.3, 0.4) is 0 Å². The van der Waals surface area contributed by atoms with Gasteiger partial charge in [0, 0.05) is 19.1 Å². The van der Waals surface area contributed by atoms with Gasteiger partial charge in [0.25, 0.3) is 0 Å². The number of likely N-dealkylation sites (tertiary alicyclic amines) is 1. The molecule has 2 heteroatoms. The van der Waals surface area contributed by atoms with E-state index < -0.39 is 0 Å². The van der Waals surface area contributed by atoms with Gasteiger partial charge >= 0.3 is 0 Å². The van der Waals surface area contributed by atoms with Crippen molar-refractivity contribution in [1.82, 2.24) is 10.2 Å². The molecule has 0 amide bonds. The molecule has 1 unspecified atom stereocenters. The van der Waals surface area contributed by atoms with Crippen LogP contribution >= 0.6 is 0 Å². The largest absolute Gasteiger partial charge is 0.313 e. The maximum absolute atomic E-state index is 3.79. The molecule has 2 fully saturated rings. The molecule has 1 aliphatic carbocycles. The van der Waals surface area contributed by atoms with Crippen LogP contribution < -0.4 is 5.32 Å². The van der Waals surface area contributed by atoms with Crippen molar-refractivity contribution in [2.24, 2.45) is 11.3 Å². The standard InChI is InChI=1S/C17H34N2/c1-4-17(5-2,13-18-16-8-9-16)14-19-11-6-7-15(3)10-12-19/h15-16,18H,4-14H2,1-3H3. The fourth-order valence-electron chi connectivity index (χ4n) is 3.38. The second kappa shape index (κ2) is 7.08. The summed E-state index contributed by atoms with van der Waals surface area (Å²) in [6.07, 6.45) is 9.68. The predicted molar refractivity (Wildman–Crippen MR) is 83.5 cm³/mol. The highest BCUT2D eigenvalue weighted by molar-refractivity contribution is 4.89. The van der Waals surface area contributed by atoms with Gasteiger partial charge in [-0.05, 0) is 69.4 Å². The van der Waals surface area contributed by atoms with Crippen LogP contribution in [0, 0.1) is 11.3 Å². The Bertz CT molecular complexity index is 256. The first-order valence-electron chi connectivity index (χ1n) is 8.63. The van der Waals surface area contributed by atoms with Crippen molar-refractivity contribution in [2.45, 2.75) is 71.8 Å². The Morgan fingerprint density at radius 2 is 1.79 bits per heavy atom. The SMILES string of the molecule is CCC(CC)(CNC1CC1)CN1CCCC(C)CC1. The Balaban J connectivity index is 1.86. The summed E-state index contributed by atoms with van der Waals surface area (Å²) in [6, 6.07) is 0.849. The third-order valence-corrected chi connectivity index (χ3v) is 5.51. The highest BCUT2D eigenvalue weighted by Crippen LogP contribution is 2.30. The van der Waals surface area contributed by atoms with Crippen LogP contribution in [-0.4, -0.2) is 37.1 Å². The highest BCUT2D eigenvalue weighted by atomic mass is 15.1. The smallest absolute Gasteiger partial charge is 0.00684 e. The Morgan fingerprint density at radius 3 is 2.42 bits per heavy atom. The zero-order chi connectivity index (χ0) is 13.7. The molecular formula is C17H34N2. The van der Waals surface area contributed by atoms with E-state index in [2.05, 4.69) is 31.0 Å². The van der Waals surface area contributed by atoms with Gasteiger partial charge in [-0.25, -0.2) is 0 Å². The Kier molecular flexibility index (Phi) is 5.70. The van der Waals surface area contributed by atoms with E-state index in [9.17, 15) is 0 Å². The minimum absolute atomic E-state index is 0.510. The maximum atomic E-state index is 3.79. The van der Waals surface area contributed by atoms with E-state index >= 15 is 0 Å². The average Bonchev–Trinajstić information content (AvgIpc) is 3.24. The van der Waals surface area contributed by atoms with Gasteiger partial charge in [0.2, 0.25) is 0 Å². The van der Waals surface area contributed by atoms with Crippen molar-refractivity contribution in [2.75, 3.05) is 26.2 Å². The summed E-state index contributed by atoms with van der Waals surface area (Å²) in [5.74, 6) is 0.937. The second-order valence-electron chi connectivity index (χ2n) is 7.17. The quantitative estimate of drug-likeness (QED) is 0.756. The van der Waals surface area contributed by atoms with Gasteiger partial charge in [-0.2, -0.15) is 0 Å². The molecule has 1 saturated heterocycles. The summed E-state index contributed by atoms with van der Waals surface area (Å²) in [6.45, 7) is 12.4. The van der Waals surface area contributed by atoms with Gasteiger partial charge in [0.1, 0.15) is 0 Å². The molecule has 2 aliphatic rings. The van der Waals surface area contributed by atoms with Crippen LogP contribution in [0.15, 0.2) is 0 Å². The minimum Gasteiger partial charge on any atom is -0.313 e. The second-order valence-corrected chi connectivity index (χ2v) is 7.17.